The molecule has 0 aliphatic heterocycles. The molecule has 21 heavy (non-hydrogen) atoms. The maximum Gasteiger partial charge on any atom is 0.238 e. The third-order valence-corrected chi connectivity index (χ3v) is 5.06. The smallest absolute Gasteiger partial charge is 0.238 e. The monoisotopic (exact) mass is 308 g/mol. The molecule has 2 rings (SSSR count). The molecule has 0 bridgehead atoms. The van der Waals surface area contributed by atoms with Gasteiger partial charge in [0.1, 0.15) is 5.75 Å². The largest absolute Gasteiger partial charge is 0.497 e. The molecule has 1 amide bonds. The third-order valence-electron chi connectivity index (χ3n) is 3.73. The number of anilines is 1. The van der Waals surface area contributed by atoms with Gasteiger partial charge in [0.2, 0.25) is 5.91 Å². The SMILES string of the molecule is CCSC1CCCC1NCC(=O)Nc1ccc(OC)cc1. The first-order chi connectivity index (χ1) is 10.2. The lowest BCUT2D eigenvalue weighted by molar-refractivity contribution is -0.115. The van der Waals surface area contributed by atoms with E-state index in [1.807, 2.05) is 36.0 Å². The zero-order valence-electron chi connectivity index (χ0n) is 12.7. The van der Waals surface area contributed by atoms with E-state index in [1.54, 1.807) is 7.11 Å². The van der Waals surface area contributed by atoms with Gasteiger partial charge in [-0.3, -0.25) is 4.79 Å². The molecule has 1 aliphatic rings. The molecule has 116 valence electrons. The molecule has 0 aromatic heterocycles. The van der Waals surface area contributed by atoms with Crippen LogP contribution < -0.4 is 15.4 Å². The minimum atomic E-state index is 0.00677. The van der Waals surface area contributed by atoms with Crippen LogP contribution in [0.5, 0.6) is 5.75 Å². The van der Waals surface area contributed by atoms with E-state index in [1.165, 1.54) is 19.3 Å². The van der Waals surface area contributed by atoms with E-state index in [0.717, 1.165) is 17.2 Å². The summed E-state index contributed by atoms with van der Waals surface area (Å²) in [7, 11) is 1.63. The lowest BCUT2D eigenvalue weighted by Gasteiger charge is -2.19. The van der Waals surface area contributed by atoms with Crippen molar-refractivity contribution in [2.45, 2.75) is 37.5 Å². The van der Waals surface area contributed by atoms with Crippen molar-refractivity contribution in [2.75, 3.05) is 24.7 Å². The highest BCUT2D eigenvalue weighted by Crippen LogP contribution is 2.29. The van der Waals surface area contributed by atoms with Gasteiger partial charge in [-0.2, -0.15) is 11.8 Å². The average molecular weight is 308 g/mol. The maximum absolute atomic E-state index is 12.0. The zero-order chi connectivity index (χ0) is 15.1. The van der Waals surface area contributed by atoms with Gasteiger partial charge in [0.25, 0.3) is 0 Å². The Morgan fingerprint density at radius 3 is 2.76 bits per heavy atom. The minimum Gasteiger partial charge on any atom is -0.497 e. The van der Waals surface area contributed by atoms with Crippen LogP contribution >= 0.6 is 11.8 Å². The number of thioether (sulfide) groups is 1. The fraction of sp³-hybridized carbons (Fsp3) is 0.562. The summed E-state index contributed by atoms with van der Waals surface area (Å²) in [6, 6.07) is 7.85. The van der Waals surface area contributed by atoms with Crippen LogP contribution in [-0.2, 0) is 4.79 Å². The summed E-state index contributed by atoms with van der Waals surface area (Å²) in [4.78, 5) is 12.0. The van der Waals surface area contributed by atoms with Crippen molar-refractivity contribution in [1.29, 1.82) is 0 Å². The van der Waals surface area contributed by atoms with Crippen LogP contribution in [0.3, 0.4) is 0 Å². The topological polar surface area (TPSA) is 50.4 Å². The van der Waals surface area contributed by atoms with Crippen LogP contribution in [0.25, 0.3) is 0 Å². The summed E-state index contributed by atoms with van der Waals surface area (Å²) in [6.45, 7) is 2.56. The van der Waals surface area contributed by atoms with Crippen molar-refractivity contribution in [3.8, 4) is 5.75 Å². The molecule has 1 aliphatic carbocycles. The lowest BCUT2D eigenvalue weighted by atomic mass is 10.2. The molecule has 4 nitrogen and oxygen atoms in total. The minimum absolute atomic E-state index is 0.00677. The number of ether oxygens (including phenoxy) is 1. The standard InChI is InChI=1S/C16H24N2O2S/c1-3-21-15-6-4-5-14(15)17-11-16(19)18-12-7-9-13(20-2)10-8-12/h7-10,14-15,17H,3-6,11H2,1-2H3,(H,18,19). The van der Waals surface area contributed by atoms with E-state index >= 15 is 0 Å². The number of carbonyl (C=O) groups excluding carboxylic acids is 1. The molecule has 0 radical (unpaired) electrons. The van der Waals surface area contributed by atoms with Gasteiger partial charge in [0, 0.05) is 17.0 Å². The number of carbonyl (C=O) groups is 1. The predicted molar refractivity (Wildman–Crippen MR) is 89.2 cm³/mol. The summed E-state index contributed by atoms with van der Waals surface area (Å²) in [5, 5.41) is 6.96. The number of amides is 1. The number of methoxy groups -OCH3 is 1. The number of hydrogen-bond donors (Lipinski definition) is 2. The van der Waals surface area contributed by atoms with Gasteiger partial charge in [-0.05, 0) is 42.9 Å². The van der Waals surface area contributed by atoms with E-state index in [-0.39, 0.29) is 5.91 Å². The second-order valence-corrected chi connectivity index (χ2v) is 6.70. The van der Waals surface area contributed by atoms with Gasteiger partial charge >= 0.3 is 0 Å². The van der Waals surface area contributed by atoms with Crippen molar-refractivity contribution < 1.29 is 9.53 Å². The van der Waals surface area contributed by atoms with Gasteiger partial charge in [0.05, 0.1) is 13.7 Å². The summed E-state index contributed by atoms with van der Waals surface area (Å²) in [5.74, 6) is 1.93. The highest BCUT2D eigenvalue weighted by atomic mass is 32.2. The van der Waals surface area contributed by atoms with Gasteiger partial charge in [0.15, 0.2) is 0 Å². The van der Waals surface area contributed by atoms with Crippen LogP contribution in [0.4, 0.5) is 5.69 Å². The zero-order valence-corrected chi connectivity index (χ0v) is 13.5. The molecule has 2 atom stereocenters. The van der Waals surface area contributed by atoms with E-state index in [4.69, 9.17) is 4.74 Å². The summed E-state index contributed by atoms with van der Waals surface area (Å²) < 4.78 is 5.10. The third kappa shape index (κ3) is 4.93. The van der Waals surface area contributed by atoms with Crippen LogP contribution in [0, 0.1) is 0 Å². The number of hydrogen-bond acceptors (Lipinski definition) is 4. The molecule has 0 spiro atoms. The molecule has 2 unspecified atom stereocenters. The van der Waals surface area contributed by atoms with Crippen molar-refractivity contribution in [3.05, 3.63) is 24.3 Å². The lowest BCUT2D eigenvalue weighted by Crippen LogP contribution is -2.39. The number of rotatable bonds is 7. The van der Waals surface area contributed by atoms with E-state index in [2.05, 4.69) is 17.6 Å². The Morgan fingerprint density at radius 1 is 1.33 bits per heavy atom. The molecule has 0 saturated heterocycles. The summed E-state index contributed by atoms with van der Waals surface area (Å²) in [6.07, 6.45) is 3.69. The Kier molecular flexibility index (Phi) is 6.39. The van der Waals surface area contributed by atoms with E-state index in [9.17, 15) is 4.79 Å². The highest BCUT2D eigenvalue weighted by Gasteiger charge is 2.26. The van der Waals surface area contributed by atoms with Crippen molar-refractivity contribution in [1.82, 2.24) is 5.32 Å². The van der Waals surface area contributed by atoms with E-state index in [0.29, 0.717) is 17.8 Å². The Hall–Kier alpha value is -1.20. The van der Waals surface area contributed by atoms with Crippen LogP contribution in [0.2, 0.25) is 0 Å². The Balaban J connectivity index is 1.76. The molecule has 1 saturated carbocycles. The Bertz CT molecular complexity index is 450. The van der Waals surface area contributed by atoms with Gasteiger partial charge in [-0.15, -0.1) is 0 Å². The van der Waals surface area contributed by atoms with Crippen LogP contribution in [-0.4, -0.2) is 36.6 Å². The van der Waals surface area contributed by atoms with Gasteiger partial charge in [-0.25, -0.2) is 0 Å². The molecular weight excluding hydrogens is 284 g/mol. The molecule has 1 fully saturated rings. The second kappa shape index (κ2) is 8.29. The maximum atomic E-state index is 12.0. The first kappa shape index (κ1) is 16.2. The molecule has 1 aromatic carbocycles. The fourth-order valence-electron chi connectivity index (χ4n) is 2.68. The summed E-state index contributed by atoms with van der Waals surface area (Å²) >= 11 is 2.00. The quantitative estimate of drug-likeness (QED) is 0.813. The highest BCUT2D eigenvalue weighted by molar-refractivity contribution is 7.99. The Morgan fingerprint density at radius 2 is 2.10 bits per heavy atom. The van der Waals surface area contributed by atoms with Gasteiger partial charge < -0.3 is 15.4 Å². The molecule has 1 aromatic rings. The molecular formula is C16H24N2O2S. The van der Waals surface area contributed by atoms with Crippen LogP contribution in [0.15, 0.2) is 24.3 Å². The van der Waals surface area contributed by atoms with Crippen molar-refractivity contribution in [2.24, 2.45) is 0 Å². The van der Waals surface area contributed by atoms with Crippen LogP contribution in [0.1, 0.15) is 26.2 Å². The van der Waals surface area contributed by atoms with E-state index < -0.39 is 0 Å². The normalized spacial score (nSPS) is 21.2. The second-order valence-electron chi connectivity index (χ2n) is 5.19. The van der Waals surface area contributed by atoms with Crippen molar-refractivity contribution in [3.63, 3.8) is 0 Å². The molecule has 2 N–H and O–H groups in total. The predicted octanol–water partition coefficient (Wildman–Crippen LogP) is 2.90. The first-order valence-electron chi connectivity index (χ1n) is 7.51. The number of nitrogens with one attached hydrogen (secondary N) is 2. The first-order valence-corrected chi connectivity index (χ1v) is 8.56. The Labute approximate surface area is 131 Å². The number of benzene rings is 1. The summed E-state index contributed by atoms with van der Waals surface area (Å²) in [5.41, 5.74) is 0.800. The fourth-order valence-corrected chi connectivity index (χ4v) is 3.90. The molecule has 0 heterocycles. The van der Waals surface area contributed by atoms with Gasteiger partial charge in [-0.1, -0.05) is 13.3 Å². The molecule has 5 heteroatoms. The average Bonchev–Trinajstić information content (AvgIpc) is 2.94. The van der Waals surface area contributed by atoms with Crippen molar-refractivity contribution >= 4 is 23.4 Å².